The van der Waals surface area contributed by atoms with Gasteiger partial charge in [0.2, 0.25) is 0 Å². The lowest BCUT2D eigenvalue weighted by atomic mass is 9.95. The zero-order valence-electron chi connectivity index (χ0n) is 15.3. The van der Waals surface area contributed by atoms with E-state index in [2.05, 4.69) is 5.32 Å². The van der Waals surface area contributed by atoms with Crippen molar-refractivity contribution in [3.05, 3.63) is 64.7 Å². The minimum atomic E-state index is -1.32. The zero-order chi connectivity index (χ0) is 19.0. The second kappa shape index (κ2) is 6.72. The number of carboxylic acids is 1. The van der Waals surface area contributed by atoms with Crippen molar-refractivity contribution in [1.29, 1.82) is 0 Å². The number of fused-ring (bicyclic) bond motifs is 1. The highest BCUT2D eigenvalue weighted by molar-refractivity contribution is 6.00. The summed E-state index contributed by atoms with van der Waals surface area (Å²) in [5.74, 6) is -0.298. The molecule has 1 fully saturated rings. The summed E-state index contributed by atoms with van der Waals surface area (Å²) in [6.45, 7) is 2.50. The number of carboxylic acid groups (broad SMARTS) is 1. The van der Waals surface area contributed by atoms with Crippen LogP contribution in [0.25, 0.3) is 0 Å². The van der Waals surface area contributed by atoms with Gasteiger partial charge in [-0.1, -0.05) is 36.4 Å². The van der Waals surface area contributed by atoms with Crippen LogP contribution < -0.4 is 10.1 Å². The molecule has 0 atom stereocenters. The first-order valence-corrected chi connectivity index (χ1v) is 9.33. The SMILES string of the molecule is Cc1cccc(C(=O)NC2(C(=O)O)Cc3ccccc3C2)c1OCC1CC1. The van der Waals surface area contributed by atoms with E-state index in [1.165, 1.54) is 0 Å². The number of ether oxygens (including phenoxy) is 1. The van der Waals surface area contributed by atoms with E-state index in [0.29, 0.717) is 23.8 Å². The molecule has 0 aliphatic heterocycles. The highest BCUT2D eigenvalue weighted by Crippen LogP contribution is 2.33. The second-order valence-corrected chi connectivity index (χ2v) is 7.67. The van der Waals surface area contributed by atoms with Gasteiger partial charge in [0, 0.05) is 12.8 Å². The number of aryl methyl sites for hydroxylation is 1. The van der Waals surface area contributed by atoms with Crippen LogP contribution in [0.3, 0.4) is 0 Å². The molecule has 5 nitrogen and oxygen atoms in total. The van der Waals surface area contributed by atoms with Crippen LogP contribution in [0.1, 0.15) is 39.9 Å². The fourth-order valence-corrected chi connectivity index (χ4v) is 3.70. The molecule has 2 aromatic carbocycles. The largest absolute Gasteiger partial charge is 0.492 e. The molecule has 0 aromatic heterocycles. The lowest BCUT2D eigenvalue weighted by Crippen LogP contribution is -2.55. The molecule has 0 spiro atoms. The Balaban J connectivity index is 1.59. The Labute approximate surface area is 158 Å². The van der Waals surface area contributed by atoms with E-state index in [0.717, 1.165) is 29.5 Å². The average molecular weight is 365 g/mol. The molecule has 27 heavy (non-hydrogen) atoms. The van der Waals surface area contributed by atoms with Crippen molar-refractivity contribution in [2.24, 2.45) is 5.92 Å². The predicted molar refractivity (Wildman–Crippen MR) is 101 cm³/mol. The van der Waals surface area contributed by atoms with Crippen molar-refractivity contribution >= 4 is 11.9 Å². The third kappa shape index (κ3) is 3.42. The van der Waals surface area contributed by atoms with Gasteiger partial charge in [-0.2, -0.15) is 0 Å². The third-order valence-electron chi connectivity index (χ3n) is 5.48. The van der Waals surface area contributed by atoms with Gasteiger partial charge in [-0.05, 0) is 48.4 Å². The standard InChI is InChI=1S/C22H23NO4/c1-14-5-4-8-18(19(14)27-13-15-9-10-15)20(24)23-22(21(25)26)11-16-6-2-3-7-17(16)12-22/h2-8,15H,9-13H2,1H3,(H,23,24)(H,25,26). The van der Waals surface area contributed by atoms with Crippen LogP contribution in [-0.4, -0.2) is 29.1 Å². The molecule has 140 valence electrons. The van der Waals surface area contributed by atoms with E-state index in [-0.39, 0.29) is 12.8 Å². The third-order valence-corrected chi connectivity index (χ3v) is 5.48. The summed E-state index contributed by atoms with van der Waals surface area (Å²) in [6.07, 6.45) is 2.89. The number of rotatable bonds is 6. The number of carbonyl (C=O) groups excluding carboxylic acids is 1. The Morgan fingerprint density at radius 3 is 2.37 bits per heavy atom. The van der Waals surface area contributed by atoms with Gasteiger partial charge >= 0.3 is 5.97 Å². The summed E-state index contributed by atoms with van der Waals surface area (Å²) in [7, 11) is 0. The number of amides is 1. The minimum Gasteiger partial charge on any atom is -0.492 e. The monoisotopic (exact) mass is 365 g/mol. The number of carbonyl (C=O) groups is 2. The molecule has 2 aliphatic carbocycles. The van der Waals surface area contributed by atoms with Gasteiger partial charge in [0.05, 0.1) is 12.2 Å². The smallest absolute Gasteiger partial charge is 0.330 e. The molecule has 2 aromatic rings. The molecular weight excluding hydrogens is 342 g/mol. The first kappa shape index (κ1) is 17.6. The molecule has 0 heterocycles. The fraction of sp³-hybridized carbons (Fsp3) is 0.364. The second-order valence-electron chi connectivity index (χ2n) is 7.67. The normalized spacial score (nSPS) is 17.2. The average Bonchev–Trinajstić information content (AvgIpc) is 3.39. The highest BCUT2D eigenvalue weighted by Gasteiger charge is 2.45. The summed E-state index contributed by atoms with van der Waals surface area (Å²) in [5, 5.41) is 12.7. The molecule has 4 rings (SSSR count). The van der Waals surface area contributed by atoms with E-state index < -0.39 is 17.4 Å². The number of para-hydroxylation sites is 1. The molecule has 5 heteroatoms. The van der Waals surface area contributed by atoms with Crippen molar-refractivity contribution in [3.63, 3.8) is 0 Å². The van der Waals surface area contributed by atoms with Gasteiger partial charge in [0.25, 0.3) is 5.91 Å². The van der Waals surface area contributed by atoms with Gasteiger partial charge in [-0.3, -0.25) is 4.79 Å². The van der Waals surface area contributed by atoms with Crippen LogP contribution in [0.2, 0.25) is 0 Å². The topological polar surface area (TPSA) is 75.6 Å². The Hall–Kier alpha value is -2.82. The first-order valence-electron chi connectivity index (χ1n) is 9.33. The maximum Gasteiger partial charge on any atom is 0.330 e. The van der Waals surface area contributed by atoms with E-state index in [1.54, 1.807) is 12.1 Å². The molecule has 2 N–H and O–H groups in total. The van der Waals surface area contributed by atoms with Crippen molar-refractivity contribution in [2.75, 3.05) is 6.61 Å². The Bertz CT molecular complexity index is 876. The van der Waals surface area contributed by atoms with Crippen LogP contribution in [0.5, 0.6) is 5.75 Å². The van der Waals surface area contributed by atoms with Crippen LogP contribution in [0, 0.1) is 12.8 Å². The summed E-state index contributed by atoms with van der Waals surface area (Å²) >= 11 is 0. The number of nitrogens with one attached hydrogen (secondary N) is 1. The predicted octanol–water partition coefficient (Wildman–Crippen LogP) is 3.14. The van der Waals surface area contributed by atoms with E-state index in [4.69, 9.17) is 4.74 Å². The Morgan fingerprint density at radius 2 is 1.78 bits per heavy atom. The zero-order valence-corrected chi connectivity index (χ0v) is 15.3. The van der Waals surface area contributed by atoms with Crippen molar-refractivity contribution < 1.29 is 19.4 Å². The van der Waals surface area contributed by atoms with Crippen molar-refractivity contribution in [1.82, 2.24) is 5.32 Å². The van der Waals surface area contributed by atoms with Crippen LogP contribution in [0.15, 0.2) is 42.5 Å². The Morgan fingerprint density at radius 1 is 1.11 bits per heavy atom. The maximum absolute atomic E-state index is 13.0. The van der Waals surface area contributed by atoms with Crippen LogP contribution in [-0.2, 0) is 17.6 Å². The van der Waals surface area contributed by atoms with Gasteiger partial charge in [0.1, 0.15) is 11.3 Å². The molecule has 1 saturated carbocycles. The first-order chi connectivity index (χ1) is 13.0. The Kier molecular flexibility index (Phi) is 4.38. The summed E-state index contributed by atoms with van der Waals surface area (Å²) < 4.78 is 5.92. The van der Waals surface area contributed by atoms with Crippen molar-refractivity contribution in [3.8, 4) is 5.75 Å². The number of aliphatic carboxylic acids is 1. The van der Waals surface area contributed by atoms with Crippen LogP contribution >= 0.6 is 0 Å². The number of benzene rings is 2. The summed E-state index contributed by atoms with van der Waals surface area (Å²) in [5.41, 5.74) is 1.89. The minimum absolute atomic E-state index is 0.286. The molecule has 0 saturated heterocycles. The van der Waals surface area contributed by atoms with Crippen LogP contribution in [0.4, 0.5) is 0 Å². The molecule has 0 radical (unpaired) electrons. The number of hydrogen-bond donors (Lipinski definition) is 2. The van der Waals surface area contributed by atoms with Gasteiger partial charge in [-0.25, -0.2) is 4.79 Å². The van der Waals surface area contributed by atoms with E-state index in [9.17, 15) is 14.7 Å². The molecule has 1 amide bonds. The fourth-order valence-electron chi connectivity index (χ4n) is 3.70. The lowest BCUT2D eigenvalue weighted by molar-refractivity contribution is -0.144. The van der Waals surface area contributed by atoms with E-state index >= 15 is 0 Å². The lowest BCUT2D eigenvalue weighted by Gasteiger charge is -2.26. The molecule has 2 aliphatic rings. The molecule has 0 unspecified atom stereocenters. The molecular formula is C22H23NO4. The summed E-state index contributed by atoms with van der Waals surface area (Å²) in [6, 6.07) is 13.0. The maximum atomic E-state index is 13.0. The molecule has 0 bridgehead atoms. The van der Waals surface area contributed by atoms with E-state index in [1.807, 2.05) is 37.3 Å². The van der Waals surface area contributed by atoms with Gasteiger partial charge in [-0.15, -0.1) is 0 Å². The van der Waals surface area contributed by atoms with Gasteiger partial charge in [0.15, 0.2) is 0 Å². The number of hydrogen-bond acceptors (Lipinski definition) is 3. The highest BCUT2D eigenvalue weighted by atomic mass is 16.5. The quantitative estimate of drug-likeness (QED) is 0.825. The van der Waals surface area contributed by atoms with Gasteiger partial charge < -0.3 is 15.2 Å². The van der Waals surface area contributed by atoms with Crippen molar-refractivity contribution in [2.45, 2.75) is 38.1 Å². The summed E-state index contributed by atoms with van der Waals surface area (Å²) in [4.78, 5) is 25.1.